The number of rotatable bonds is 5. The highest BCUT2D eigenvalue weighted by Crippen LogP contribution is 2.20. The molecule has 2 heterocycles. The monoisotopic (exact) mass is 501 g/mol. The summed E-state index contributed by atoms with van der Waals surface area (Å²) in [6, 6.07) is 6.96. The smallest absolute Gasteiger partial charge is 0.194 e. The molecule has 0 atom stereocenters. The van der Waals surface area contributed by atoms with Crippen molar-refractivity contribution in [1.29, 1.82) is 0 Å². The zero-order valence-corrected chi connectivity index (χ0v) is 19.1. The number of nitrogens with one attached hydrogen (secondary N) is 1. The molecule has 1 aromatic carbocycles. The lowest BCUT2D eigenvalue weighted by Gasteiger charge is -2.37. The molecule has 8 heteroatoms. The second-order valence-corrected chi connectivity index (χ2v) is 6.71. The lowest BCUT2D eigenvalue weighted by atomic mass is 10.1. The van der Waals surface area contributed by atoms with Gasteiger partial charge in [-0.05, 0) is 39.3 Å². The van der Waals surface area contributed by atoms with Crippen LogP contribution in [-0.2, 0) is 6.42 Å². The number of para-hydroxylation sites is 1. The summed E-state index contributed by atoms with van der Waals surface area (Å²) in [6.45, 7) is 10.6. The van der Waals surface area contributed by atoms with Gasteiger partial charge >= 0.3 is 0 Å². The van der Waals surface area contributed by atoms with Crippen molar-refractivity contribution in [1.82, 2.24) is 15.4 Å². The SMILES string of the molecule is CCNC(=NCCc1c(C)noc1C)N1CCN(c2ccccc2F)CC1.I. The third-order valence-electron chi connectivity index (χ3n) is 4.91. The van der Waals surface area contributed by atoms with Crippen LogP contribution < -0.4 is 10.2 Å². The van der Waals surface area contributed by atoms with Crippen molar-refractivity contribution >= 4 is 35.6 Å². The second-order valence-electron chi connectivity index (χ2n) is 6.71. The van der Waals surface area contributed by atoms with Crippen LogP contribution in [0, 0.1) is 19.7 Å². The van der Waals surface area contributed by atoms with Gasteiger partial charge in [-0.2, -0.15) is 0 Å². The Balaban J connectivity index is 0.00000280. The van der Waals surface area contributed by atoms with Gasteiger partial charge in [0.1, 0.15) is 11.6 Å². The molecule has 1 aliphatic rings. The Kier molecular flexibility index (Phi) is 8.53. The third kappa shape index (κ3) is 5.36. The molecule has 0 bridgehead atoms. The van der Waals surface area contributed by atoms with E-state index in [1.807, 2.05) is 26.0 Å². The van der Waals surface area contributed by atoms with Crippen LogP contribution >= 0.6 is 24.0 Å². The first-order valence-electron chi connectivity index (χ1n) is 9.54. The molecule has 2 aromatic rings. The van der Waals surface area contributed by atoms with Gasteiger partial charge < -0.3 is 19.6 Å². The van der Waals surface area contributed by atoms with E-state index in [2.05, 4.69) is 27.2 Å². The normalized spacial score (nSPS) is 14.8. The lowest BCUT2D eigenvalue weighted by molar-refractivity contribution is 0.371. The topological polar surface area (TPSA) is 56.9 Å². The van der Waals surface area contributed by atoms with Crippen LogP contribution in [0.15, 0.2) is 33.8 Å². The van der Waals surface area contributed by atoms with Crippen LogP contribution in [0.3, 0.4) is 0 Å². The molecule has 3 rings (SSSR count). The molecule has 1 N–H and O–H groups in total. The molecule has 1 saturated heterocycles. The van der Waals surface area contributed by atoms with Crippen LogP contribution in [0.2, 0.25) is 0 Å². The van der Waals surface area contributed by atoms with Crippen LogP contribution in [0.5, 0.6) is 0 Å². The Morgan fingerprint density at radius 2 is 1.93 bits per heavy atom. The van der Waals surface area contributed by atoms with Gasteiger partial charge in [0.05, 0.1) is 11.4 Å². The molecule has 0 aliphatic carbocycles. The van der Waals surface area contributed by atoms with Gasteiger partial charge in [0.25, 0.3) is 0 Å². The molecule has 1 aliphatic heterocycles. The van der Waals surface area contributed by atoms with Crippen molar-refractivity contribution in [3.8, 4) is 0 Å². The average molecular weight is 501 g/mol. The molecule has 0 spiro atoms. The molecule has 1 aromatic heterocycles. The van der Waals surface area contributed by atoms with Gasteiger partial charge in [-0.3, -0.25) is 4.99 Å². The molecule has 0 saturated carbocycles. The molecule has 0 radical (unpaired) electrons. The van der Waals surface area contributed by atoms with Crippen LogP contribution in [0.1, 0.15) is 23.9 Å². The summed E-state index contributed by atoms with van der Waals surface area (Å²) in [5.41, 5.74) is 2.75. The van der Waals surface area contributed by atoms with Crippen molar-refractivity contribution in [2.75, 3.05) is 44.2 Å². The Morgan fingerprint density at radius 3 is 2.54 bits per heavy atom. The summed E-state index contributed by atoms with van der Waals surface area (Å²) in [5, 5.41) is 7.37. The minimum atomic E-state index is -0.161. The lowest BCUT2D eigenvalue weighted by Crippen LogP contribution is -2.52. The molecule has 28 heavy (non-hydrogen) atoms. The fraction of sp³-hybridized carbons (Fsp3) is 0.500. The number of anilines is 1. The van der Waals surface area contributed by atoms with Crippen molar-refractivity contribution in [2.45, 2.75) is 27.2 Å². The maximum atomic E-state index is 14.0. The first-order chi connectivity index (χ1) is 13.1. The van der Waals surface area contributed by atoms with Crippen molar-refractivity contribution in [3.63, 3.8) is 0 Å². The molecule has 1 fully saturated rings. The quantitative estimate of drug-likeness (QED) is 0.387. The number of guanidine groups is 1. The first kappa shape index (κ1) is 22.4. The predicted octanol–water partition coefficient (Wildman–Crippen LogP) is 3.38. The number of aryl methyl sites for hydroxylation is 2. The third-order valence-corrected chi connectivity index (χ3v) is 4.91. The van der Waals surface area contributed by atoms with E-state index in [4.69, 9.17) is 9.52 Å². The van der Waals surface area contributed by atoms with Gasteiger partial charge in [0.2, 0.25) is 0 Å². The standard InChI is InChI=1S/C20H28FN5O.HI/c1-4-22-20(23-10-9-17-15(2)24-27-16(17)3)26-13-11-25(12-14-26)19-8-6-5-7-18(19)21;/h5-8H,4,9-14H2,1-3H3,(H,22,23);1H. The summed E-state index contributed by atoms with van der Waals surface area (Å²) >= 11 is 0. The minimum Gasteiger partial charge on any atom is -0.366 e. The maximum absolute atomic E-state index is 14.0. The number of benzene rings is 1. The van der Waals surface area contributed by atoms with E-state index < -0.39 is 0 Å². The van der Waals surface area contributed by atoms with Crippen molar-refractivity contribution < 1.29 is 8.91 Å². The van der Waals surface area contributed by atoms with E-state index >= 15 is 0 Å². The van der Waals surface area contributed by atoms with Crippen LogP contribution in [-0.4, -0.2) is 55.3 Å². The highest BCUT2D eigenvalue weighted by atomic mass is 127. The van der Waals surface area contributed by atoms with E-state index in [9.17, 15) is 4.39 Å². The zero-order valence-electron chi connectivity index (χ0n) is 16.7. The number of halogens is 2. The van der Waals surface area contributed by atoms with Crippen LogP contribution in [0.25, 0.3) is 0 Å². The van der Waals surface area contributed by atoms with Gasteiger partial charge in [-0.25, -0.2) is 4.39 Å². The summed E-state index contributed by atoms with van der Waals surface area (Å²) in [4.78, 5) is 9.12. The van der Waals surface area contributed by atoms with E-state index in [1.165, 1.54) is 6.07 Å². The van der Waals surface area contributed by atoms with Crippen molar-refractivity contribution in [2.24, 2.45) is 4.99 Å². The first-order valence-corrected chi connectivity index (χ1v) is 9.54. The maximum Gasteiger partial charge on any atom is 0.194 e. The zero-order chi connectivity index (χ0) is 19.2. The number of aromatic nitrogens is 1. The van der Waals surface area contributed by atoms with Gasteiger partial charge in [0, 0.05) is 44.8 Å². The van der Waals surface area contributed by atoms with Gasteiger partial charge in [0.15, 0.2) is 5.96 Å². The van der Waals surface area contributed by atoms with Gasteiger partial charge in [-0.15, -0.1) is 24.0 Å². The summed E-state index contributed by atoms with van der Waals surface area (Å²) < 4.78 is 19.2. The number of piperazine rings is 1. The highest BCUT2D eigenvalue weighted by Gasteiger charge is 2.21. The number of nitrogens with zero attached hydrogens (tertiary/aromatic N) is 4. The van der Waals surface area contributed by atoms with E-state index in [1.54, 1.807) is 6.07 Å². The summed E-state index contributed by atoms with van der Waals surface area (Å²) in [5.74, 6) is 1.62. The Labute approximate surface area is 183 Å². The molecular weight excluding hydrogens is 472 g/mol. The molecule has 0 amide bonds. The number of aliphatic imine (C=N–C) groups is 1. The number of hydrogen-bond donors (Lipinski definition) is 1. The van der Waals surface area contributed by atoms with Gasteiger partial charge in [-0.1, -0.05) is 17.3 Å². The summed E-state index contributed by atoms with van der Waals surface area (Å²) in [7, 11) is 0. The van der Waals surface area contributed by atoms with E-state index in [0.29, 0.717) is 12.2 Å². The van der Waals surface area contributed by atoms with Crippen LogP contribution in [0.4, 0.5) is 10.1 Å². The van der Waals surface area contributed by atoms with Crippen molar-refractivity contribution in [3.05, 3.63) is 47.1 Å². The summed E-state index contributed by atoms with van der Waals surface area (Å²) in [6.07, 6.45) is 0.811. The highest BCUT2D eigenvalue weighted by molar-refractivity contribution is 14.0. The second kappa shape index (κ2) is 10.6. The fourth-order valence-corrected chi connectivity index (χ4v) is 3.43. The largest absolute Gasteiger partial charge is 0.366 e. The molecule has 6 nitrogen and oxygen atoms in total. The van der Waals surface area contributed by atoms with E-state index in [-0.39, 0.29) is 29.8 Å². The van der Waals surface area contributed by atoms with E-state index in [0.717, 1.165) is 62.1 Å². The average Bonchev–Trinajstić information content (AvgIpc) is 3.00. The minimum absolute atomic E-state index is 0. The Bertz CT molecular complexity index is 767. The Hall–Kier alpha value is -1.84. The molecule has 154 valence electrons. The number of hydrogen-bond acceptors (Lipinski definition) is 4. The fourth-order valence-electron chi connectivity index (χ4n) is 3.43. The predicted molar refractivity (Wildman–Crippen MR) is 121 cm³/mol. The molecular formula is C20H29FIN5O. The molecule has 0 unspecified atom stereocenters. The Morgan fingerprint density at radius 1 is 1.21 bits per heavy atom.